The number of carbonyl (C=O) groups excluding carboxylic acids is 4. The van der Waals surface area contributed by atoms with E-state index in [1.165, 1.54) is 23.1 Å². The van der Waals surface area contributed by atoms with E-state index in [0.717, 1.165) is 18.4 Å². The molecule has 1 atom stereocenters. The van der Waals surface area contributed by atoms with E-state index in [4.69, 9.17) is 4.74 Å². The second kappa shape index (κ2) is 10.0. The highest BCUT2D eigenvalue weighted by Gasteiger charge is 2.35. The van der Waals surface area contributed by atoms with Crippen molar-refractivity contribution in [3.8, 4) is 0 Å². The number of rotatable bonds is 9. The predicted molar refractivity (Wildman–Crippen MR) is 115 cm³/mol. The highest BCUT2D eigenvalue weighted by Crippen LogP contribution is 2.24. The SMILES string of the molecule is CCCCN1C(=O)c2ccc(C(=O)OCC(=O)NC[C@H](C)c3ccccc3)cc2C1=O. The van der Waals surface area contributed by atoms with Crippen molar-refractivity contribution in [1.82, 2.24) is 10.2 Å². The lowest BCUT2D eigenvalue weighted by molar-refractivity contribution is -0.124. The van der Waals surface area contributed by atoms with Gasteiger partial charge in [-0.2, -0.15) is 0 Å². The van der Waals surface area contributed by atoms with Crippen molar-refractivity contribution in [1.29, 1.82) is 0 Å². The molecule has 3 amide bonds. The maximum atomic E-state index is 12.5. The molecule has 0 saturated heterocycles. The molecule has 3 rings (SSSR count). The van der Waals surface area contributed by atoms with Gasteiger partial charge in [0.25, 0.3) is 17.7 Å². The summed E-state index contributed by atoms with van der Waals surface area (Å²) in [5, 5.41) is 2.75. The van der Waals surface area contributed by atoms with E-state index in [2.05, 4.69) is 5.32 Å². The van der Waals surface area contributed by atoms with Crippen LogP contribution < -0.4 is 5.32 Å². The molecule has 2 aromatic rings. The van der Waals surface area contributed by atoms with E-state index in [1.54, 1.807) is 0 Å². The number of amides is 3. The molecule has 1 aliphatic rings. The Bertz CT molecular complexity index is 987. The molecular weight excluding hydrogens is 396 g/mol. The predicted octanol–water partition coefficient (Wildman–Crippen LogP) is 3.16. The average molecular weight is 422 g/mol. The first-order chi connectivity index (χ1) is 14.9. The molecule has 2 aromatic carbocycles. The van der Waals surface area contributed by atoms with Gasteiger partial charge in [-0.05, 0) is 36.1 Å². The van der Waals surface area contributed by atoms with Crippen LogP contribution in [0.2, 0.25) is 0 Å². The average Bonchev–Trinajstić information content (AvgIpc) is 3.04. The molecule has 0 aliphatic carbocycles. The highest BCUT2D eigenvalue weighted by atomic mass is 16.5. The summed E-state index contributed by atoms with van der Waals surface area (Å²) >= 11 is 0. The van der Waals surface area contributed by atoms with Crippen LogP contribution in [0, 0.1) is 0 Å². The van der Waals surface area contributed by atoms with Crippen molar-refractivity contribution >= 4 is 23.7 Å². The molecule has 1 aliphatic heterocycles. The molecule has 7 nitrogen and oxygen atoms in total. The normalized spacial score (nSPS) is 13.7. The Morgan fingerprint density at radius 2 is 1.74 bits per heavy atom. The first kappa shape index (κ1) is 22.2. The second-order valence-electron chi connectivity index (χ2n) is 7.57. The van der Waals surface area contributed by atoms with Gasteiger partial charge in [0.05, 0.1) is 16.7 Å². The summed E-state index contributed by atoms with van der Waals surface area (Å²) in [7, 11) is 0. The number of hydrogen-bond donors (Lipinski definition) is 1. The molecule has 0 bridgehead atoms. The lowest BCUT2D eigenvalue weighted by Crippen LogP contribution is -2.31. The summed E-state index contributed by atoms with van der Waals surface area (Å²) in [5.74, 6) is -1.76. The molecule has 7 heteroatoms. The lowest BCUT2D eigenvalue weighted by atomic mass is 10.0. The van der Waals surface area contributed by atoms with Gasteiger partial charge in [-0.1, -0.05) is 50.6 Å². The van der Waals surface area contributed by atoms with Crippen LogP contribution in [0.5, 0.6) is 0 Å². The Balaban J connectivity index is 1.54. The Morgan fingerprint density at radius 1 is 1.03 bits per heavy atom. The number of esters is 1. The maximum absolute atomic E-state index is 12.5. The molecule has 1 heterocycles. The summed E-state index contributed by atoms with van der Waals surface area (Å²) in [5.41, 5.74) is 1.70. The molecule has 0 radical (unpaired) electrons. The number of carbonyl (C=O) groups is 4. The van der Waals surface area contributed by atoms with E-state index in [0.29, 0.717) is 13.1 Å². The minimum absolute atomic E-state index is 0.122. The van der Waals surface area contributed by atoms with Crippen molar-refractivity contribution in [2.24, 2.45) is 0 Å². The second-order valence-corrected chi connectivity index (χ2v) is 7.57. The van der Waals surface area contributed by atoms with Gasteiger partial charge < -0.3 is 10.1 Å². The van der Waals surface area contributed by atoms with E-state index >= 15 is 0 Å². The van der Waals surface area contributed by atoms with Crippen molar-refractivity contribution in [3.05, 3.63) is 70.8 Å². The van der Waals surface area contributed by atoms with E-state index in [1.807, 2.05) is 44.2 Å². The number of hydrogen-bond acceptors (Lipinski definition) is 5. The zero-order valence-corrected chi connectivity index (χ0v) is 17.7. The minimum atomic E-state index is -0.721. The number of benzene rings is 2. The van der Waals surface area contributed by atoms with Crippen molar-refractivity contribution < 1.29 is 23.9 Å². The van der Waals surface area contributed by atoms with Crippen LogP contribution in [0.4, 0.5) is 0 Å². The fourth-order valence-corrected chi connectivity index (χ4v) is 3.37. The molecule has 0 aromatic heterocycles. The summed E-state index contributed by atoms with van der Waals surface area (Å²) in [6.07, 6.45) is 1.58. The van der Waals surface area contributed by atoms with Gasteiger partial charge in [-0.25, -0.2) is 4.79 Å². The first-order valence-electron chi connectivity index (χ1n) is 10.4. The third-order valence-electron chi connectivity index (χ3n) is 5.25. The lowest BCUT2D eigenvalue weighted by Gasteiger charge is -2.13. The van der Waals surface area contributed by atoms with Crippen LogP contribution in [0.25, 0.3) is 0 Å². The molecule has 0 saturated carbocycles. The zero-order chi connectivity index (χ0) is 22.4. The van der Waals surface area contributed by atoms with Gasteiger partial charge in [0.2, 0.25) is 0 Å². The van der Waals surface area contributed by atoms with Crippen LogP contribution in [0.1, 0.15) is 69.2 Å². The van der Waals surface area contributed by atoms with Crippen LogP contribution in [0.15, 0.2) is 48.5 Å². The molecular formula is C24H26N2O5. The van der Waals surface area contributed by atoms with Crippen LogP contribution in [-0.2, 0) is 9.53 Å². The Morgan fingerprint density at radius 3 is 2.45 bits per heavy atom. The summed E-state index contributed by atoms with van der Waals surface area (Å²) in [6.45, 7) is 4.32. The Labute approximate surface area is 181 Å². The number of ether oxygens (including phenoxy) is 1. The zero-order valence-electron chi connectivity index (χ0n) is 17.7. The van der Waals surface area contributed by atoms with E-state index in [-0.39, 0.29) is 28.5 Å². The van der Waals surface area contributed by atoms with Crippen molar-refractivity contribution in [3.63, 3.8) is 0 Å². The standard InChI is InChI=1S/C24H26N2O5/c1-3-4-12-26-22(28)19-11-10-18(13-20(19)23(26)29)24(30)31-15-21(27)25-14-16(2)17-8-6-5-7-9-17/h5-11,13,16H,3-4,12,14-15H2,1-2H3,(H,25,27)/t16-/m0/s1. The highest BCUT2D eigenvalue weighted by molar-refractivity contribution is 6.21. The number of unbranched alkanes of at least 4 members (excludes halogenated alkanes) is 1. The van der Waals surface area contributed by atoms with Crippen LogP contribution in [0.3, 0.4) is 0 Å². The number of fused-ring (bicyclic) bond motifs is 1. The minimum Gasteiger partial charge on any atom is -0.452 e. The Hall–Kier alpha value is -3.48. The molecule has 0 fully saturated rings. The van der Waals surface area contributed by atoms with Gasteiger partial charge >= 0.3 is 5.97 Å². The van der Waals surface area contributed by atoms with Crippen LogP contribution >= 0.6 is 0 Å². The van der Waals surface area contributed by atoms with Gasteiger partial charge in [-0.15, -0.1) is 0 Å². The van der Waals surface area contributed by atoms with E-state index < -0.39 is 24.4 Å². The monoisotopic (exact) mass is 422 g/mol. The molecule has 1 N–H and O–H groups in total. The fraction of sp³-hybridized carbons (Fsp3) is 0.333. The molecule has 0 spiro atoms. The smallest absolute Gasteiger partial charge is 0.338 e. The maximum Gasteiger partial charge on any atom is 0.338 e. The summed E-state index contributed by atoms with van der Waals surface area (Å²) < 4.78 is 5.08. The van der Waals surface area contributed by atoms with Crippen LogP contribution in [-0.4, -0.2) is 48.3 Å². The Kier molecular flexibility index (Phi) is 7.18. The van der Waals surface area contributed by atoms with Gasteiger partial charge in [0.1, 0.15) is 0 Å². The van der Waals surface area contributed by atoms with Gasteiger partial charge in [0.15, 0.2) is 6.61 Å². The summed E-state index contributed by atoms with van der Waals surface area (Å²) in [4.78, 5) is 50.5. The van der Waals surface area contributed by atoms with Crippen molar-refractivity contribution in [2.75, 3.05) is 19.7 Å². The van der Waals surface area contributed by atoms with Gasteiger partial charge in [0, 0.05) is 13.1 Å². The number of imide groups is 1. The summed E-state index contributed by atoms with van der Waals surface area (Å²) in [6, 6.07) is 14.0. The quantitative estimate of drug-likeness (QED) is 0.495. The first-order valence-corrected chi connectivity index (χ1v) is 10.4. The number of nitrogens with one attached hydrogen (secondary N) is 1. The largest absolute Gasteiger partial charge is 0.452 e. The molecule has 31 heavy (non-hydrogen) atoms. The topological polar surface area (TPSA) is 92.8 Å². The van der Waals surface area contributed by atoms with Crippen molar-refractivity contribution in [2.45, 2.75) is 32.6 Å². The molecule has 0 unspecified atom stereocenters. The molecule has 162 valence electrons. The fourth-order valence-electron chi connectivity index (χ4n) is 3.37. The third kappa shape index (κ3) is 5.17. The number of nitrogens with zero attached hydrogens (tertiary/aromatic N) is 1. The third-order valence-corrected chi connectivity index (χ3v) is 5.25. The van der Waals surface area contributed by atoms with E-state index in [9.17, 15) is 19.2 Å². The van der Waals surface area contributed by atoms with Gasteiger partial charge in [-0.3, -0.25) is 19.3 Å².